The van der Waals surface area contributed by atoms with Crippen molar-refractivity contribution in [1.29, 1.82) is 0 Å². The van der Waals surface area contributed by atoms with Gasteiger partial charge in [-0.15, -0.1) is 11.3 Å². The second kappa shape index (κ2) is 2.12. The molecule has 0 aliphatic heterocycles. The SMILES string of the molecule is Cc1nc(P)c(C)s1. The van der Waals surface area contributed by atoms with Gasteiger partial charge in [0.15, 0.2) is 0 Å². The van der Waals surface area contributed by atoms with Gasteiger partial charge >= 0.3 is 0 Å². The summed E-state index contributed by atoms with van der Waals surface area (Å²) in [5, 5.41) is 1.15. The van der Waals surface area contributed by atoms with Crippen LogP contribution in [-0.2, 0) is 0 Å². The predicted octanol–water partition coefficient (Wildman–Crippen LogP) is 1.26. The van der Waals surface area contributed by atoms with Crippen LogP contribution in [0.1, 0.15) is 9.88 Å². The topological polar surface area (TPSA) is 12.9 Å². The Hall–Kier alpha value is 0.0600. The van der Waals surface area contributed by atoms with Crippen molar-refractivity contribution >= 4 is 26.0 Å². The molecule has 0 saturated carbocycles. The van der Waals surface area contributed by atoms with E-state index in [1.54, 1.807) is 11.3 Å². The molecule has 44 valence electrons. The third kappa shape index (κ3) is 1.07. The van der Waals surface area contributed by atoms with E-state index in [0.717, 1.165) is 10.4 Å². The van der Waals surface area contributed by atoms with Gasteiger partial charge in [0.25, 0.3) is 0 Å². The van der Waals surface area contributed by atoms with Crippen LogP contribution in [-0.4, -0.2) is 4.98 Å². The van der Waals surface area contributed by atoms with Gasteiger partial charge in [0.05, 0.1) is 10.4 Å². The largest absolute Gasteiger partial charge is 0.242 e. The van der Waals surface area contributed by atoms with Crippen LogP contribution in [0, 0.1) is 13.8 Å². The van der Waals surface area contributed by atoms with Crippen LogP contribution in [0.15, 0.2) is 0 Å². The Bertz CT molecular complexity index is 175. The average molecular weight is 145 g/mol. The molecular formula is C5H8NPS. The molecule has 1 heterocycles. The molecule has 8 heavy (non-hydrogen) atoms. The zero-order valence-electron chi connectivity index (χ0n) is 4.93. The van der Waals surface area contributed by atoms with E-state index >= 15 is 0 Å². The maximum absolute atomic E-state index is 4.19. The molecule has 0 spiro atoms. The van der Waals surface area contributed by atoms with Crippen LogP contribution in [0.2, 0.25) is 0 Å². The van der Waals surface area contributed by atoms with E-state index in [0.29, 0.717) is 0 Å². The van der Waals surface area contributed by atoms with E-state index in [4.69, 9.17) is 0 Å². The van der Waals surface area contributed by atoms with Gasteiger partial charge in [0.1, 0.15) is 0 Å². The van der Waals surface area contributed by atoms with Gasteiger partial charge in [-0.1, -0.05) is 9.24 Å². The molecule has 0 radical (unpaired) electrons. The molecule has 0 fully saturated rings. The number of aryl methyl sites for hydroxylation is 2. The second-order valence-electron chi connectivity index (χ2n) is 1.67. The quantitative estimate of drug-likeness (QED) is 0.501. The Morgan fingerprint density at radius 1 is 1.50 bits per heavy atom. The number of thiazole rings is 1. The van der Waals surface area contributed by atoms with Crippen LogP contribution in [0.5, 0.6) is 0 Å². The van der Waals surface area contributed by atoms with E-state index < -0.39 is 0 Å². The predicted molar refractivity (Wildman–Crippen MR) is 40.9 cm³/mol. The highest BCUT2D eigenvalue weighted by Gasteiger charge is 1.95. The van der Waals surface area contributed by atoms with Crippen molar-refractivity contribution < 1.29 is 0 Å². The van der Waals surface area contributed by atoms with Crippen molar-refractivity contribution in [3.63, 3.8) is 0 Å². The molecular weight excluding hydrogens is 137 g/mol. The molecule has 0 amide bonds. The van der Waals surface area contributed by atoms with Gasteiger partial charge in [0, 0.05) is 4.88 Å². The Kier molecular flexibility index (Phi) is 1.64. The summed E-state index contributed by atoms with van der Waals surface area (Å²) in [5.74, 6) is 0. The van der Waals surface area contributed by atoms with E-state index in [1.807, 2.05) is 6.92 Å². The van der Waals surface area contributed by atoms with Gasteiger partial charge in [-0.2, -0.15) is 0 Å². The fraction of sp³-hybridized carbons (Fsp3) is 0.400. The minimum Gasteiger partial charge on any atom is -0.242 e. The first-order chi connectivity index (χ1) is 3.70. The molecule has 0 bridgehead atoms. The van der Waals surface area contributed by atoms with Gasteiger partial charge < -0.3 is 0 Å². The minimum atomic E-state index is 1.09. The molecule has 1 nitrogen and oxygen atoms in total. The monoisotopic (exact) mass is 145 g/mol. The first-order valence-corrected chi connectivity index (χ1v) is 3.79. The molecule has 1 unspecified atom stereocenters. The number of hydrogen-bond donors (Lipinski definition) is 0. The third-order valence-electron chi connectivity index (χ3n) is 0.939. The first kappa shape index (κ1) is 6.18. The van der Waals surface area contributed by atoms with Crippen LogP contribution >= 0.6 is 20.6 Å². The zero-order valence-corrected chi connectivity index (χ0v) is 6.90. The van der Waals surface area contributed by atoms with Crippen molar-refractivity contribution in [2.75, 3.05) is 0 Å². The lowest BCUT2D eigenvalue weighted by atomic mass is 10.6. The molecule has 0 aliphatic rings. The highest BCUT2D eigenvalue weighted by Crippen LogP contribution is 2.09. The molecule has 0 aromatic carbocycles. The molecule has 1 aromatic heterocycles. The number of nitrogens with zero attached hydrogens (tertiary/aromatic N) is 1. The van der Waals surface area contributed by atoms with Gasteiger partial charge in [0.2, 0.25) is 0 Å². The summed E-state index contributed by atoms with van der Waals surface area (Å²) in [7, 11) is 2.61. The molecule has 0 N–H and O–H groups in total. The Balaban J connectivity index is 3.14. The summed E-state index contributed by atoms with van der Waals surface area (Å²) in [6, 6.07) is 0. The van der Waals surface area contributed by atoms with E-state index in [2.05, 4.69) is 21.1 Å². The average Bonchev–Trinajstić information content (AvgIpc) is 1.85. The van der Waals surface area contributed by atoms with Gasteiger partial charge in [-0.05, 0) is 13.8 Å². The molecule has 1 aromatic rings. The van der Waals surface area contributed by atoms with Crippen molar-refractivity contribution in [3.8, 4) is 0 Å². The highest BCUT2D eigenvalue weighted by atomic mass is 32.1. The van der Waals surface area contributed by atoms with Crippen LogP contribution in [0.4, 0.5) is 0 Å². The van der Waals surface area contributed by atoms with Crippen LogP contribution in [0.25, 0.3) is 0 Å². The maximum atomic E-state index is 4.19. The van der Waals surface area contributed by atoms with Crippen molar-refractivity contribution in [2.24, 2.45) is 0 Å². The summed E-state index contributed by atoms with van der Waals surface area (Å²) in [4.78, 5) is 5.49. The molecule has 0 aliphatic carbocycles. The maximum Gasteiger partial charge on any atom is 0.0904 e. The Labute approximate surface area is 55.4 Å². The number of rotatable bonds is 0. The van der Waals surface area contributed by atoms with Gasteiger partial charge in [-0.25, -0.2) is 4.98 Å². The van der Waals surface area contributed by atoms with Crippen molar-refractivity contribution in [1.82, 2.24) is 4.98 Å². The first-order valence-electron chi connectivity index (χ1n) is 2.39. The van der Waals surface area contributed by atoms with Crippen LogP contribution in [0.3, 0.4) is 0 Å². The summed E-state index contributed by atoms with van der Waals surface area (Å²) in [5.41, 5.74) is 1.09. The molecule has 1 rings (SSSR count). The fourth-order valence-corrected chi connectivity index (χ4v) is 1.75. The van der Waals surface area contributed by atoms with E-state index in [9.17, 15) is 0 Å². The molecule has 3 heteroatoms. The summed E-state index contributed by atoms with van der Waals surface area (Å²) < 4.78 is 0. The van der Waals surface area contributed by atoms with Crippen molar-refractivity contribution in [2.45, 2.75) is 13.8 Å². The smallest absolute Gasteiger partial charge is 0.0904 e. The number of aromatic nitrogens is 1. The minimum absolute atomic E-state index is 1.09. The standard InChI is InChI=1S/C5H8NPS/c1-3-5(7)6-4(2)8-3/h7H2,1-2H3. The Morgan fingerprint density at radius 3 is 2.25 bits per heavy atom. The third-order valence-corrected chi connectivity index (χ3v) is 2.61. The van der Waals surface area contributed by atoms with E-state index in [1.165, 1.54) is 4.88 Å². The summed E-state index contributed by atoms with van der Waals surface area (Å²) >= 11 is 1.74. The van der Waals surface area contributed by atoms with Crippen LogP contribution < -0.4 is 5.44 Å². The highest BCUT2D eigenvalue weighted by molar-refractivity contribution is 7.29. The van der Waals surface area contributed by atoms with Gasteiger partial charge in [-0.3, -0.25) is 0 Å². The normalized spacial score (nSPS) is 9.88. The molecule has 1 atom stereocenters. The summed E-state index contributed by atoms with van der Waals surface area (Å²) in [6.07, 6.45) is 0. The number of hydrogen-bond acceptors (Lipinski definition) is 2. The Morgan fingerprint density at radius 2 is 2.12 bits per heavy atom. The molecule has 0 saturated heterocycles. The van der Waals surface area contributed by atoms with Crippen molar-refractivity contribution in [3.05, 3.63) is 9.88 Å². The fourth-order valence-electron chi connectivity index (χ4n) is 0.545. The second-order valence-corrected chi connectivity index (χ2v) is 3.63. The summed E-state index contributed by atoms with van der Waals surface area (Å²) in [6.45, 7) is 4.10. The lowest BCUT2D eigenvalue weighted by Gasteiger charge is -1.77. The van der Waals surface area contributed by atoms with E-state index in [-0.39, 0.29) is 0 Å². The lowest BCUT2D eigenvalue weighted by molar-refractivity contribution is 1.33. The lowest BCUT2D eigenvalue weighted by Crippen LogP contribution is -1.92. The zero-order chi connectivity index (χ0) is 6.15.